The maximum Gasteiger partial charge on any atom is 0.243 e. The van der Waals surface area contributed by atoms with Crippen molar-refractivity contribution in [3.63, 3.8) is 0 Å². The monoisotopic (exact) mass is 376 g/mol. The minimum Gasteiger partial charge on any atom is -0.241 e. The number of thiazole rings is 1. The summed E-state index contributed by atoms with van der Waals surface area (Å²) in [6.45, 7) is 2.09. The van der Waals surface area contributed by atoms with E-state index in [0.717, 1.165) is 33.3 Å². The molecule has 0 atom stereocenters. The SMILES string of the molecule is Cc1nc(-c2ccccc2)sc1CN(C)S(=O)(=O)c1ccc(F)cc1. The van der Waals surface area contributed by atoms with Crippen molar-refractivity contribution in [2.75, 3.05) is 7.05 Å². The lowest BCUT2D eigenvalue weighted by Crippen LogP contribution is -2.26. The van der Waals surface area contributed by atoms with E-state index in [1.165, 1.54) is 34.8 Å². The van der Waals surface area contributed by atoms with Gasteiger partial charge in [0.1, 0.15) is 10.8 Å². The molecule has 4 nitrogen and oxygen atoms in total. The fraction of sp³-hybridized carbons (Fsp3) is 0.167. The van der Waals surface area contributed by atoms with Gasteiger partial charge in [-0.25, -0.2) is 17.8 Å². The van der Waals surface area contributed by atoms with E-state index in [1.54, 1.807) is 0 Å². The van der Waals surface area contributed by atoms with Crippen LogP contribution in [0.2, 0.25) is 0 Å². The average Bonchev–Trinajstić information content (AvgIpc) is 2.97. The van der Waals surface area contributed by atoms with Crippen LogP contribution >= 0.6 is 11.3 Å². The van der Waals surface area contributed by atoms with Crippen molar-refractivity contribution in [1.29, 1.82) is 0 Å². The van der Waals surface area contributed by atoms with E-state index in [-0.39, 0.29) is 11.4 Å². The predicted molar refractivity (Wildman–Crippen MR) is 97.3 cm³/mol. The van der Waals surface area contributed by atoms with Crippen LogP contribution in [0.5, 0.6) is 0 Å². The zero-order valence-corrected chi connectivity index (χ0v) is 15.4. The van der Waals surface area contributed by atoms with Gasteiger partial charge in [0.15, 0.2) is 0 Å². The summed E-state index contributed by atoms with van der Waals surface area (Å²) in [4.78, 5) is 5.50. The van der Waals surface area contributed by atoms with Crippen LogP contribution in [0.25, 0.3) is 10.6 Å². The molecule has 130 valence electrons. The van der Waals surface area contributed by atoms with E-state index in [9.17, 15) is 12.8 Å². The Balaban J connectivity index is 1.84. The second-order valence-corrected chi connectivity index (χ2v) is 8.74. The van der Waals surface area contributed by atoms with Crippen LogP contribution in [0.4, 0.5) is 4.39 Å². The van der Waals surface area contributed by atoms with Crippen molar-refractivity contribution >= 4 is 21.4 Å². The van der Waals surface area contributed by atoms with Gasteiger partial charge in [0.05, 0.1) is 10.6 Å². The highest BCUT2D eigenvalue weighted by Crippen LogP contribution is 2.29. The number of sulfonamides is 1. The molecule has 2 aromatic carbocycles. The number of aromatic nitrogens is 1. The predicted octanol–water partition coefficient (Wildman–Crippen LogP) is 4.08. The standard InChI is InChI=1S/C18H17FN2O2S2/c1-13-17(24-18(20-13)14-6-4-3-5-7-14)12-21(2)25(22,23)16-10-8-15(19)9-11-16/h3-11H,12H2,1-2H3. The number of rotatable bonds is 5. The Morgan fingerprint density at radius 1 is 1.08 bits per heavy atom. The van der Waals surface area contributed by atoms with E-state index in [4.69, 9.17) is 0 Å². The molecule has 25 heavy (non-hydrogen) atoms. The lowest BCUT2D eigenvalue weighted by Gasteiger charge is -2.16. The average molecular weight is 376 g/mol. The minimum atomic E-state index is -3.68. The van der Waals surface area contributed by atoms with Crippen molar-refractivity contribution < 1.29 is 12.8 Å². The summed E-state index contributed by atoms with van der Waals surface area (Å²) >= 11 is 1.48. The Morgan fingerprint density at radius 3 is 2.36 bits per heavy atom. The molecule has 3 rings (SSSR count). The lowest BCUT2D eigenvalue weighted by atomic mass is 10.2. The summed E-state index contributed by atoms with van der Waals surface area (Å²) in [5.41, 5.74) is 1.82. The normalized spacial score (nSPS) is 11.8. The van der Waals surface area contributed by atoms with E-state index in [2.05, 4.69) is 4.98 Å². The van der Waals surface area contributed by atoms with Crippen LogP contribution in [0.3, 0.4) is 0 Å². The Hall–Kier alpha value is -2.09. The molecule has 0 saturated heterocycles. The Kier molecular flexibility index (Phi) is 4.99. The number of halogens is 1. The molecule has 0 aliphatic rings. The third-order valence-electron chi connectivity index (χ3n) is 3.80. The molecule has 0 N–H and O–H groups in total. The van der Waals surface area contributed by atoms with E-state index < -0.39 is 15.8 Å². The second-order valence-electron chi connectivity index (χ2n) is 5.61. The van der Waals surface area contributed by atoms with Crippen molar-refractivity contribution in [2.45, 2.75) is 18.4 Å². The molecule has 0 aliphatic carbocycles. The van der Waals surface area contributed by atoms with Crippen LogP contribution in [-0.4, -0.2) is 24.8 Å². The van der Waals surface area contributed by atoms with Crippen LogP contribution in [-0.2, 0) is 16.6 Å². The van der Waals surface area contributed by atoms with Crippen molar-refractivity contribution in [3.05, 3.63) is 71.0 Å². The first-order chi connectivity index (χ1) is 11.9. The van der Waals surface area contributed by atoms with Gasteiger partial charge in [-0.1, -0.05) is 30.3 Å². The molecule has 0 saturated carbocycles. The third kappa shape index (κ3) is 3.78. The van der Waals surface area contributed by atoms with E-state index >= 15 is 0 Å². The van der Waals surface area contributed by atoms with Gasteiger partial charge in [0.25, 0.3) is 0 Å². The van der Waals surface area contributed by atoms with Crippen molar-refractivity contribution in [1.82, 2.24) is 9.29 Å². The molecule has 0 unspecified atom stereocenters. The summed E-state index contributed by atoms with van der Waals surface area (Å²) in [6, 6.07) is 14.6. The largest absolute Gasteiger partial charge is 0.243 e. The zero-order valence-electron chi connectivity index (χ0n) is 13.8. The Bertz CT molecular complexity index is 968. The summed E-state index contributed by atoms with van der Waals surface area (Å²) in [7, 11) is -2.17. The number of benzene rings is 2. The summed E-state index contributed by atoms with van der Waals surface area (Å²) < 4.78 is 39.5. The summed E-state index contributed by atoms with van der Waals surface area (Å²) in [6.07, 6.45) is 0. The van der Waals surface area contributed by atoms with E-state index in [1.807, 2.05) is 37.3 Å². The Morgan fingerprint density at radius 2 is 1.72 bits per heavy atom. The molecule has 3 aromatic rings. The fourth-order valence-electron chi connectivity index (χ4n) is 2.35. The summed E-state index contributed by atoms with van der Waals surface area (Å²) in [5.74, 6) is -0.465. The van der Waals surface area contributed by atoms with Crippen LogP contribution < -0.4 is 0 Å². The molecular weight excluding hydrogens is 359 g/mol. The minimum absolute atomic E-state index is 0.0712. The highest BCUT2D eigenvalue weighted by molar-refractivity contribution is 7.89. The summed E-state index contributed by atoms with van der Waals surface area (Å²) in [5, 5.41) is 0.862. The molecule has 1 heterocycles. The maximum absolute atomic E-state index is 13.0. The number of hydrogen-bond acceptors (Lipinski definition) is 4. The first-order valence-electron chi connectivity index (χ1n) is 7.61. The van der Waals surface area contributed by atoms with Crippen LogP contribution in [0.1, 0.15) is 10.6 Å². The van der Waals surface area contributed by atoms with Gasteiger partial charge in [-0.2, -0.15) is 4.31 Å². The van der Waals surface area contributed by atoms with Gasteiger partial charge in [-0.15, -0.1) is 11.3 Å². The van der Waals surface area contributed by atoms with Gasteiger partial charge in [0.2, 0.25) is 10.0 Å². The van der Waals surface area contributed by atoms with Gasteiger partial charge in [0, 0.05) is 24.0 Å². The molecule has 7 heteroatoms. The fourth-order valence-corrected chi connectivity index (χ4v) is 4.69. The van der Waals surface area contributed by atoms with E-state index in [0.29, 0.717) is 0 Å². The van der Waals surface area contributed by atoms with Crippen molar-refractivity contribution in [3.8, 4) is 10.6 Å². The first-order valence-corrected chi connectivity index (χ1v) is 9.87. The lowest BCUT2D eigenvalue weighted by molar-refractivity contribution is 0.468. The molecular formula is C18H17FN2O2S2. The molecule has 0 spiro atoms. The van der Waals surface area contributed by atoms with Gasteiger partial charge >= 0.3 is 0 Å². The van der Waals surface area contributed by atoms with Gasteiger partial charge in [-0.3, -0.25) is 0 Å². The molecule has 0 bridgehead atoms. The molecule has 1 aromatic heterocycles. The molecule has 0 amide bonds. The third-order valence-corrected chi connectivity index (χ3v) is 6.81. The zero-order chi connectivity index (χ0) is 18.0. The highest BCUT2D eigenvalue weighted by atomic mass is 32.2. The van der Waals surface area contributed by atoms with Crippen LogP contribution in [0.15, 0.2) is 59.5 Å². The van der Waals surface area contributed by atoms with Crippen LogP contribution in [0, 0.1) is 12.7 Å². The van der Waals surface area contributed by atoms with Crippen molar-refractivity contribution in [2.24, 2.45) is 0 Å². The van der Waals surface area contributed by atoms with Gasteiger partial charge in [-0.05, 0) is 31.2 Å². The topological polar surface area (TPSA) is 50.3 Å². The quantitative estimate of drug-likeness (QED) is 0.674. The van der Waals surface area contributed by atoms with Gasteiger partial charge < -0.3 is 0 Å². The smallest absolute Gasteiger partial charge is 0.241 e. The number of hydrogen-bond donors (Lipinski definition) is 0. The molecule has 0 fully saturated rings. The first kappa shape index (κ1) is 17.7. The number of aryl methyl sites for hydroxylation is 1. The second kappa shape index (κ2) is 7.03. The maximum atomic E-state index is 13.0. The molecule has 0 radical (unpaired) electrons. The number of nitrogens with zero attached hydrogens (tertiary/aromatic N) is 2. The Labute approximate surface area is 150 Å². The highest BCUT2D eigenvalue weighted by Gasteiger charge is 2.23. The molecule has 0 aliphatic heterocycles.